The van der Waals surface area contributed by atoms with Crippen molar-refractivity contribution in [1.29, 1.82) is 0 Å². The molecule has 3 N–H and O–H groups in total. The average Bonchev–Trinajstić information content (AvgIpc) is 3.36. The van der Waals surface area contributed by atoms with Gasteiger partial charge in [-0.25, -0.2) is 14.8 Å². The molecule has 0 bridgehead atoms. The number of aromatic nitrogens is 2. The fourth-order valence-electron chi connectivity index (χ4n) is 2.74. The number of para-hydroxylation sites is 1. The number of anilines is 2. The number of amides is 1. The highest BCUT2D eigenvalue weighted by Crippen LogP contribution is 2.28. The Labute approximate surface area is 169 Å². The second-order valence-corrected chi connectivity index (χ2v) is 7.22. The number of ether oxygens (including phenoxy) is 1. The maximum absolute atomic E-state index is 12.5. The maximum Gasteiger partial charge on any atom is 0.349 e. The van der Waals surface area contributed by atoms with Gasteiger partial charge in [-0.05, 0) is 42.8 Å². The summed E-state index contributed by atoms with van der Waals surface area (Å²) >= 11 is 1.12. The van der Waals surface area contributed by atoms with Crippen LogP contribution in [-0.2, 0) is 11.3 Å². The lowest BCUT2D eigenvalue weighted by Gasteiger charge is -2.06. The van der Waals surface area contributed by atoms with Crippen LogP contribution < -0.4 is 11.1 Å². The molecule has 3 heterocycles. The molecule has 0 aliphatic rings. The number of furan rings is 1. The molecule has 0 atom stereocenters. The van der Waals surface area contributed by atoms with Gasteiger partial charge in [0.2, 0.25) is 0 Å². The van der Waals surface area contributed by atoms with Gasteiger partial charge in [-0.2, -0.15) is 0 Å². The van der Waals surface area contributed by atoms with Gasteiger partial charge in [0, 0.05) is 5.39 Å². The quantitative estimate of drug-likeness (QED) is 0.482. The lowest BCUT2D eigenvalue weighted by atomic mass is 10.2. The lowest BCUT2D eigenvalue weighted by molar-refractivity contribution is 0.0467. The molecule has 9 heteroatoms. The molecule has 0 fully saturated rings. The van der Waals surface area contributed by atoms with Crippen LogP contribution in [0.25, 0.3) is 10.9 Å². The molecule has 4 rings (SSSR count). The van der Waals surface area contributed by atoms with E-state index >= 15 is 0 Å². The van der Waals surface area contributed by atoms with Crippen molar-refractivity contribution in [2.24, 2.45) is 0 Å². The second kappa shape index (κ2) is 7.72. The van der Waals surface area contributed by atoms with E-state index in [9.17, 15) is 9.59 Å². The van der Waals surface area contributed by atoms with Gasteiger partial charge in [0.15, 0.2) is 18.2 Å². The Kier molecular flexibility index (Phi) is 4.96. The van der Waals surface area contributed by atoms with Crippen molar-refractivity contribution in [3.63, 3.8) is 0 Å². The number of thiophene rings is 1. The largest absolute Gasteiger partial charge is 0.459 e. The molecule has 0 spiro atoms. The molecule has 1 amide bonds. The van der Waals surface area contributed by atoms with Gasteiger partial charge in [0.1, 0.15) is 10.7 Å². The van der Waals surface area contributed by atoms with Crippen LogP contribution >= 0.6 is 11.3 Å². The Morgan fingerprint density at radius 3 is 2.83 bits per heavy atom. The summed E-state index contributed by atoms with van der Waals surface area (Å²) < 4.78 is 10.4. The average molecular weight is 408 g/mol. The molecule has 0 aliphatic carbocycles. The number of hydrogen-bond donors (Lipinski definition) is 2. The topological polar surface area (TPSA) is 120 Å². The minimum absolute atomic E-state index is 0.112. The first-order valence-corrected chi connectivity index (χ1v) is 9.46. The Morgan fingerprint density at radius 2 is 2.03 bits per heavy atom. The third-order valence-corrected chi connectivity index (χ3v) is 5.23. The number of hydrogen-bond acceptors (Lipinski definition) is 8. The van der Waals surface area contributed by atoms with Crippen LogP contribution in [0.5, 0.6) is 0 Å². The molecule has 4 aromatic rings. The molecule has 0 unspecified atom stereocenters. The Bertz CT molecular complexity index is 1200. The molecule has 1 aromatic carbocycles. The highest BCUT2D eigenvalue weighted by molar-refractivity contribution is 7.18. The van der Waals surface area contributed by atoms with Crippen molar-refractivity contribution in [2.75, 3.05) is 11.1 Å². The molecule has 0 saturated heterocycles. The van der Waals surface area contributed by atoms with Crippen LogP contribution in [0.15, 0.2) is 53.1 Å². The van der Waals surface area contributed by atoms with Gasteiger partial charge in [-0.3, -0.25) is 4.79 Å². The fourth-order valence-corrected chi connectivity index (χ4v) is 3.70. The Balaban J connectivity index is 1.45. The number of carbonyl (C=O) groups is 2. The number of carbonyl (C=O) groups excluding carboxylic acids is 2. The third-order valence-electron chi connectivity index (χ3n) is 4.10. The number of nitrogen functional groups attached to an aromatic ring is 1. The van der Waals surface area contributed by atoms with Crippen molar-refractivity contribution >= 4 is 44.9 Å². The van der Waals surface area contributed by atoms with Gasteiger partial charge in [-0.1, -0.05) is 12.1 Å². The van der Waals surface area contributed by atoms with E-state index in [2.05, 4.69) is 15.3 Å². The van der Waals surface area contributed by atoms with E-state index in [1.807, 2.05) is 24.3 Å². The predicted molar refractivity (Wildman–Crippen MR) is 109 cm³/mol. The van der Waals surface area contributed by atoms with Crippen LogP contribution in [0, 0.1) is 6.92 Å². The zero-order valence-electron chi connectivity index (χ0n) is 15.3. The van der Waals surface area contributed by atoms with Gasteiger partial charge >= 0.3 is 5.97 Å². The van der Waals surface area contributed by atoms with Crippen LogP contribution in [0.4, 0.5) is 10.8 Å². The number of fused-ring (bicyclic) bond motifs is 1. The number of nitrogens with zero attached hydrogens (tertiary/aromatic N) is 2. The minimum Gasteiger partial charge on any atom is -0.459 e. The SMILES string of the molecule is Cc1cc(NC(=O)c2ccco2)sc1C(=O)OCc1nc(N)c2ccccc2n1. The van der Waals surface area contributed by atoms with Crippen LogP contribution in [0.3, 0.4) is 0 Å². The van der Waals surface area contributed by atoms with Gasteiger partial charge in [0.05, 0.1) is 16.8 Å². The standard InChI is InChI=1S/C20H16N4O4S/c1-11-9-16(24-19(25)14-7-4-8-27-14)29-17(11)20(26)28-10-15-22-13-6-3-2-5-12(13)18(21)23-15/h2-9H,10H2,1H3,(H,24,25)(H2,21,22,23). The van der Waals surface area contributed by atoms with Crippen LogP contribution in [-0.4, -0.2) is 21.8 Å². The van der Waals surface area contributed by atoms with E-state index in [0.717, 1.165) is 16.7 Å². The zero-order valence-corrected chi connectivity index (χ0v) is 16.2. The number of benzene rings is 1. The minimum atomic E-state index is -0.527. The van der Waals surface area contributed by atoms with E-state index in [1.165, 1.54) is 6.26 Å². The highest BCUT2D eigenvalue weighted by Gasteiger charge is 2.18. The van der Waals surface area contributed by atoms with Crippen LogP contribution in [0.2, 0.25) is 0 Å². The molecule has 146 valence electrons. The molecule has 0 saturated carbocycles. The van der Waals surface area contributed by atoms with Crippen molar-refractivity contribution < 1.29 is 18.7 Å². The summed E-state index contributed by atoms with van der Waals surface area (Å²) in [5, 5.41) is 3.96. The predicted octanol–water partition coefficient (Wildman–Crippen LogP) is 3.78. The van der Waals surface area contributed by atoms with E-state index in [4.69, 9.17) is 14.9 Å². The van der Waals surface area contributed by atoms with Crippen molar-refractivity contribution in [3.8, 4) is 0 Å². The summed E-state index contributed by atoms with van der Waals surface area (Å²) in [6, 6.07) is 12.2. The summed E-state index contributed by atoms with van der Waals surface area (Å²) in [6.45, 7) is 1.65. The van der Waals surface area contributed by atoms with Gasteiger partial charge in [0.25, 0.3) is 5.91 Å². The third kappa shape index (κ3) is 3.94. The summed E-state index contributed by atoms with van der Waals surface area (Å²) in [5.41, 5.74) is 7.32. The molecule has 0 aliphatic heterocycles. The zero-order chi connectivity index (χ0) is 20.4. The molecular formula is C20H16N4O4S. The maximum atomic E-state index is 12.5. The monoisotopic (exact) mass is 408 g/mol. The molecule has 3 aromatic heterocycles. The number of nitrogens with one attached hydrogen (secondary N) is 1. The number of rotatable bonds is 5. The van der Waals surface area contributed by atoms with Gasteiger partial charge in [-0.15, -0.1) is 11.3 Å². The Hall–Kier alpha value is -3.72. The first kappa shape index (κ1) is 18.6. The lowest BCUT2D eigenvalue weighted by Crippen LogP contribution is -2.09. The number of nitrogens with two attached hydrogens (primary N) is 1. The normalized spacial score (nSPS) is 10.8. The summed E-state index contributed by atoms with van der Waals surface area (Å²) in [7, 11) is 0. The molecular weight excluding hydrogens is 392 g/mol. The first-order chi connectivity index (χ1) is 14.0. The smallest absolute Gasteiger partial charge is 0.349 e. The van der Waals surface area contributed by atoms with Crippen molar-refractivity contribution in [2.45, 2.75) is 13.5 Å². The van der Waals surface area contributed by atoms with Crippen molar-refractivity contribution in [1.82, 2.24) is 9.97 Å². The Morgan fingerprint density at radius 1 is 1.21 bits per heavy atom. The summed E-state index contributed by atoms with van der Waals surface area (Å²) in [4.78, 5) is 33.5. The van der Waals surface area contributed by atoms with Crippen LogP contribution in [0.1, 0.15) is 31.6 Å². The van der Waals surface area contributed by atoms with E-state index in [1.54, 1.807) is 25.1 Å². The number of esters is 1. The summed E-state index contributed by atoms with van der Waals surface area (Å²) in [6.07, 6.45) is 1.42. The highest BCUT2D eigenvalue weighted by atomic mass is 32.1. The molecule has 29 heavy (non-hydrogen) atoms. The first-order valence-electron chi connectivity index (χ1n) is 8.65. The van der Waals surface area contributed by atoms with Crippen molar-refractivity contribution in [3.05, 3.63) is 70.8 Å². The summed E-state index contributed by atoms with van der Waals surface area (Å²) in [5.74, 6) is -0.0873. The van der Waals surface area contributed by atoms with E-state index < -0.39 is 11.9 Å². The number of aryl methyl sites for hydroxylation is 1. The van der Waals surface area contributed by atoms with E-state index in [0.29, 0.717) is 32.6 Å². The molecule has 8 nitrogen and oxygen atoms in total. The van der Waals surface area contributed by atoms with E-state index in [-0.39, 0.29) is 12.4 Å². The van der Waals surface area contributed by atoms with Gasteiger partial charge < -0.3 is 20.2 Å². The fraction of sp³-hybridized carbons (Fsp3) is 0.100. The second-order valence-electron chi connectivity index (χ2n) is 6.17. The molecule has 0 radical (unpaired) electrons.